The molecule has 0 spiro atoms. The Labute approximate surface area is 114 Å². The van der Waals surface area contributed by atoms with Gasteiger partial charge in [-0.25, -0.2) is 0 Å². The van der Waals surface area contributed by atoms with E-state index in [1.807, 2.05) is 19.2 Å². The zero-order valence-corrected chi connectivity index (χ0v) is 11.1. The molecule has 3 nitrogen and oxygen atoms in total. The maximum absolute atomic E-state index is 9.74. The van der Waals surface area contributed by atoms with Crippen LogP contribution in [0.15, 0.2) is 18.5 Å². The topological polar surface area (TPSA) is 48.7 Å². The second kappa shape index (κ2) is 4.68. The number of nitrogens with one attached hydrogen (secondary N) is 1. The molecule has 96 valence electrons. The molecular weight excluding hydrogens is 234 g/mol. The van der Waals surface area contributed by atoms with Crippen molar-refractivity contribution in [2.24, 2.45) is 0 Å². The second-order valence-electron chi connectivity index (χ2n) is 5.58. The number of nitriles is 1. The first-order valence-corrected chi connectivity index (χ1v) is 6.81. The van der Waals surface area contributed by atoms with Gasteiger partial charge in [0.1, 0.15) is 0 Å². The van der Waals surface area contributed by atoms with Crippen molar-refractivity contribution < 1.29 is 0 Å². The molecule has 19 heavy (non-hydrogen) atoms. The Morgan fingerprint density at radius 2 is 2.05 bits per heavy atom. The Kier molecular flexibility index (Phi) is 3.01. The molecule has 3 atom stereocenters. The molecule has 0 saturated carbocycles. The molecule has 1 aromatic rings. The maximum Gasteiger partial charge on any atom is 0.0867 e. The highest BCUT2D eigenvalue weighted by molar-refractivity contribution is 5.40. The van der Waals surface area contributed by atoms with Crippen molar-refractivity contribution in [2.75, 3.05) is 0 Å². The SMILES string of the molecule is CC#Cc1cncc(C2(C#N)CC3CC[C@@H](C2)N3)c1. The van der Waals surface area contributed by atoms with Crippen molar-refractivity contribution in [1.82, 2.24) is 10.3 Å². The Bertz CT molecular complexity index is 576. The lowest BCUT2D eigenvalue weighted by molar-refractivity contribution is 0.304. The molecular formula is C16H17N3. The number of piperidine rings is 1. The minimum Gasteiger partial charge on any atom is -0.311 e. The summed E-state index contributed by atoms with van der Waals surface area (Å²) >= 11 is 0. The number of pyridine rings is 1. The molecule has 2 aliphatic rings. The minimum absolute atomic E-state index is 0.379. The molecule has 3 heterocycles. The number of hydrogen-bond donors (Lipinski definition) is 1. The van der Waals surface area contributed by atoms with E-state index in [2.05, 4.69) is 28.2 Å². The van der Waals surface area contributed by atoms with Gasteiger partial charge in [0.15, 0.2) is 0 Å². The first kappa shape index (κ1) is 12.2. The lowest BCUT2D eigenvalue weighted by Gasteiger charge is -2.36. The number of rotatable bonds is 1. The van der Waals surface area contributed by atoms with Gasteiger partial charge in [-0.2, -0.15) is 5.26 Å². The summed E-state index contributed by atoms with van der Waals surface area (Å²) in [6.07, 6.45) is 7.77. The van der Waals surface area contributed by atoms with Crippen molar-refractivity contribution in [3.05, 3.63) is 29.6 Å². The van der Waals surface area contributed by atoms with Gasteiger partial charge in [0, 0.05) is 30.0 Å². The van der Waals surface area contributed by atoms with Crippen LogP contribution in [0.1, 0.15) is 43.7 Å². The molecule has 0 aromatic carbocycles. The standard InChI is InChI=1S/C16H17N3/c1-2-3-12-6-13(10-18-9-12)16(11-17)7-14-4-5-15(8-16)19-14/h6,9-10,14-15,19H,4-5,7-8H2,1H3/t14-,15?,16?/m0/s1. The van der Waals surface area contributed by atoms with Crippen molar-refractivity contribution in [2.45, 2.75) is 50.1 Å². The fourth-order valence-electron chi connectivity index (χ4n) is 3.45. The van der Waals surface area contributed by atoms with Crippen molar-refractivity contribution in [3.8, 4) is 17.9 Å². The highest BCUT2D eigenvalue weighted by Gasteiger charge is 2.45. The fourth-order valence-corrected chi connectivity index (χ4v) is 3.45. The predicted molar refractivity (Wildman–Crippen MR) is 73.3 cm³/mol. The van der Waals surface area contributed by atoms with Gasteiger partial charge in [-0.1, -0.05) is 5.92 Å². The van der Waals surface area contributed by atoms with E-state index in [-0.39, 0.29) is 5.41 Å². The van der Waals surface area contributed by atoms with Crippen LogP contribution >= 0.6 is 0 Å². The van der Waals surface area contributed by atoms with Gasteiger partial charge in [0.2, 0.25) is 0 Å². The summed E-state index contributed by atoms with van der Waals surface area (Å²) in [5, 5.41) is 13.3. The predicted octanol–water partition coefficient (Wildman–Crippen LogP) is 2.13. The van der Waals surface area contributed by atoms with Crippen LogP contribution in [0.5, 0.6) is 0 Å². The van der Waals surface area contributed by atoms with Gasteiger partial charge in [-0.15, -0.1) is 5.92 Å². The highest BCUT2D eigenvalue weighted by Crippen LogP contribution is 2.42. The Morgan fingerprint density at radius 3 is 2.68 bits per heavy atom. The van der Waals surface area contributed by atoms with Gasteiger partial charge in [0.05, 0.1) is 11.5 Å². The molecule has 2 saturated heterocycles. The van der Waals surface area contributed by atoms with Crippen LogP contribution in [-0.4, -0.2) is 17.1 Å². The maximum atomic E-state index is 9.74. The van der Waals surface area contributed by atoms with Gasteiger partial charge in [0.25, 0.3) is 0 Å². The lowest BCUT2D eigenvalue weighted by Crippen LogP contribution is -2.46. The average Bonchev–Trinajstić information content (AvgIpc) is 2.79. The molecule has 2 unspecified atom stereocenters. The van der Waals surface area contributed by atoms with Gasteiger partial charge in [-0.05, 0) is 44.2 Å². The minimum atomic E-state index is -0.379. The number of hydrogen-bond acceptors (Lipinski definition) is 3. The first-order chi connectivity index (χ1) is 9.25. The Morgan fingerprint density at radius 1 is 1.32 bits per heavy atom. The zero-order valence-electron chi connectivity index (χ0n) is 11.1. The summed E-state index contributed by atoms with van der Waals surface area (Å²) in [7, 11) is 0. The van der Waals surface area contributed by atoms with Crippen LogP contribution in [0.25, 0.3) is 0 Å². The van der Waals surface area contributed by atoms with Crippen LogP contribution in [0.3, 0.4) is 0 Å². The number of nitrogens with zero attached hydrogens (tertiary/aromatic N) is 2. The monoisotopic (exact) mass is 251 g/mol. The van der Waals surface area contributed by atoms with E-state index in [9.17, 15) is 5.26 Å². The van der Waals surface area contributed by atoms with E-state index >= 15 is 0 Å². The number of aromatic nitrogens is 1. The fraction of sp³-hybridized carbons (Fsp3) is 0.500. The Hall–Kier alpha value is -1.84. The quantitative estimate of drug-likeness (QED) is 0.778. The molecule has 1 N–H and O–H groups in total. The zero-order chi connectivity index (χ0) is 13.3. The van der Waals surface area contributed by atoms with E-state index < -0.39 is 0 Å². The summed E-state index contributed by atoms with van der Waals surface area (Å²) < 4.78 is 0. The molecule has 3 rings (SSSR count). The summed E-state index contributed by atoms with van der Waals surface area (Å²) in [5.74, 6) is 5.92. The van der Waals surface area contributed by atoms with Crippen LogP contribution in [0.2, 0.25) is 0 Å². The molecule has 0 radical (unpaired) electrons. The third-order valence-corrected chi connectivity index (χ3v) is 4.30. The first-order valence-electron chi connectivity index (χ1n) is 6.81. The van der Waals surface area contributed by atoms with Crippen LogP contribution in [0.4, 0.5) is 0 Å². The van der Waals surface area contributed by atoms with Crippen LogP contribution in [0, 0.1) is 23.2 Å². The third-order valence-electron chi connectivity index (χ3n) is 4.30. The second-order valence-corrected chi connectivity index (χ2v) is 5.58. The summed E-state index contributed by atoms with van der Waals surface area (Å²) in [4.78, 5) is 4.27. The molecule has 2 aliphatic heterocycles. The molecule has 0 amide bonds. The molecule has 2 bridgehead atoms. The molecule has 1 aromatic heterocycles. The van der Waals surface area contributed by atoms with Gasteiger partial charge < -0.3 is 5.32 Å². The van der Waals surface area contributed by atoms with Crippen molar-refractivity contribution >= 4 is 0 Å². The summed E-state index contributed by atoms with van der Waals surface area (Å²) in [6.45, 7) is 1.82. The van der Waals surface area contributed by atoms with Crippen LogP contribution < -0.4 is 5.32 Å². The van der Waals surface area contributed by atoms with Crippen molar-refractivity contribution in [3.63, 3.8) is 0 Å². The molecule has 3 heteroatoms. The third kappa shape index (κ3) is 2.11. The molecule has 2 fully saturated rings. The van der Waals surface area contributed by atoms with E-state index in [0.717, 1.165) is 24.0 Å². The average molecular weight is 251 g/mol. The Balaban J connectivity index is 2.00. The van der Waals surface area contributed by atoms with E-state index in [1.165, 1.54) is 12.8 Å². The number of fused-ring (bicyclic) bond motifs is 2. The van der Waals surface area contributed by atoms with Crippen LogP contribution in [-0.2, 0) is 5.41 Å². The van der Waals surface area contributed by atoms with E-state index in [1.54, 1.807) is 6.20 Å². The largest absolute Gasteiger partial charge is 0.311 e. The normalized spacial score (nSPS) is 32.2. The van der Waals surface area contributed by atoms with E-state index in [0.29, 0.717) is 12.1 Å². The smallest absolute Gasteiger partial charge is 0.0867 e. The summed E-state index contributed by atoms with van der Waals surface area (Å²) in [5.41, 5.74) is 1.56. The lowest BCUT2D eigenvalue weighted by atomic mass is 9.72. The van der Waals surface area contributed by atoms with E-state index in [4.69, 9.17) is 0 Å². The van der Waals surface area contributed by atoms with Gasteiger partial charge >= 0.3 is 0 Å². The highest BCUT2D eigenvalue weighted by atomic mass is 15.0. The van der Waals surface area contributed by atoms with Crippen molar-refractivity contribution in [1.29, 1.82) is 5.26 Å². The molecule has 0 aliphatic carbocycles. The summed E-state index contributed by atoms with van der Waals surface area (Å²) in [6, 6.07) is 5.59. The van der Waals surface area contributed by atoms with Gasteiger partial charge in [-0.3, -0.25) is 4.98 Å².